The highest BCUT2D eigenvalue weighted by molar-refractivity contribution is 8.00. The molecule has 0 aliphatic heterocycles. The van der Waals surface area contributed by atoms with Gasteiger partial charge in [0.15, 0.2) is 0 Å². The molecule has 2 rings (SSSR count). The van der Waals surface area contributed by atoms with Crippen molar-refractivity contribution in [2.24, 2.45) is 0 Å². The van der Waals surface area contributed by atoms with Gasteiger partial charge in [0, 0.05) is 11.4 Å². The average Bonchev–Trinajstić information content (AvgIpc) is 2.65. The van der Waals surface area contributed by atoms with Gasteiger partial charge in [-0.3, -0.25) is 9.69 Å². The molecule has 1 N–H and O–H groups in total. The van der Waals surface area contributed by atoms with E-state index in [-0.39, 0.29) is 11.9 Å². The Morgan fingerprint density at radius 1 is 1.00 bits per heavy atom. The van der Waals surface area contributed by atoms with Gasteiger partial charge in [-0.1, -0.05) is 62.4 Å². The lowest BCUT2D eigenvalue weighted by Crippen LogP contribution is -2.38. The molecular weight excluding hydrogens is 316 g/mol. The first-order valence-electron chi connectivity index (χ1n) is 8.48. The van der Waals surface area contributed by atoms with Crippen LogP contribution >= 0.6 is 11.8 Å². The monoisotopic (exact) mass is 342 g/mol. The number of rotatable bonds is 9. The summed E-state index contributed by atoms with van der Waals surface area (Å²) >= 11 is 1.57. The minimum atomic E-state index is 0.0805. The van der Waals surface area contributed by atoms with E-state index in [1.165, 1.54) is 5.56 Å². The fourth-order valence-electron chi connectivity index (χ4n) is 2.72. The van der Waals surface area contributed by atoms with Gasteiger partial charge in [-0.05, 0) is 30.8 Å². The minimum absolute atomic E-state index is 0.0805. The molecule has 0 aliphatic rings. The highest BCUT2D eigenvalue weighted by atomic mass is 32.2. The van der Waals surface area contributed by atoms with Crippen molar-refractivity contribution >= 4 is 17.7 Å². The van der Waals surface area contributed by atoms with Gasteiger partial charge in [0.25, 0.3) is 0 Å². The second-order valence-corrected chi connectivity index (χ2v) is 6.60. The minimum Gasteiger partial charge on any atom is -0.353 e. The molecule has 0 fully saturated rings. The van der Waals surface area contributed by atoms with Crippen LogP contribution in [0.15, 0.2) is 65.6 Å². The first-order valence-corrected chi connectivity index (χ1v) is 9.46. The molecule has 0 heterocycles. The van der Waals surface area contributed by atoms with Gasteiger partial charge in [-0.2, -0.15) is 0 Å². The van der Waals surface area contributed by atoms with Crippen LogP contribution in [0, 0.1) is 0 Å². The first kappa shape index (κ1) is 18.6. The molecule has 0 aliphatic carbocycles. The number of carbonyl (C=O) groups is 1. The molecule has 0 spiro atoms. The first-order chi connectivity index (χ1) is 11.7. The summed E-state index contributed by atoms with van der Waals surface area (Å²) in [5.41, 5.74) is 1.25. The van der Waals surface area contributed by atoms with E-state index in [0.29, 0.717) is 12.3 Å². The predicted molar refractivity (Wildman–Crippen MR) is 102 cm³/mol. The predicted octanol–water partition coefficient (Wildman–Crippen LogP) is 3.98. The Labute approximate surface area is 149 Å². The van der Waals surface area contributed by atoms with E-state index >= 15 is 0 Å². The van der Waals surface area contributed by atoms with E-state index in [2.05, 4.69) is 48.3 Å². The van der Waals surface area contributed by atoms with Crippen LogP contribution < -0.4 is 5.32 Å². The van der Waals surface area contributed by atoms with E-state index < -0.39 is 0 Å². The average molecular weight is 343 g/mol. The number of amides is 1. The van der Waals surface area contributed by atoms with Gasteiger partial charge >= 0.3 is 0 Å². The summed E-state index contributed by atoms with van der Waals surface area (Å²) < 4.78 is 0. The van der Waals surface area contributed by atoms with Crippen LogP contribution in [0.3, 0.4) is 0 Å². The number of thioether (sulfide) groups is 1. The molecule has 1 amide bonds. The maximum Gasteiger partial charge on any atom is 0.230 e. The van der Waals surface area contributed by atoms with Crippen LogP contribution in [0.2, 0.25) is 0 Å². The van der Waals surface area contributed by atoms with Crippen molar-refractivity contribution in [3.05, 3.63) is 66.2 Å². The Morgan fingerprint density at radius 2 is 1.58 bits per heavy atom. The fraction of sp³-hybridized carbons (Fsp3) is 0.350. The molecule has 2 aromatic carbocycles. The van der Waals surface area contributed by atoms with Crippen molar-refractivity contribution in [3.63, 3.8) is 0 Å². The van der Waals surface area contributed by atoms with E-state index in [1.807, 2.05) is 36.4 Å². The van der Waals surface area contributed by atoms with Gasteiger partial charge < -0.3 is 5.32 Å². The third kappa shape index (κ3) is 5.69. The zero-order valence-electron chi connectivity index (χ0n) is 14.4. The van der Waals surface area contributed by atoms with Crippen molar-refractivity contribution in [3.8, 4) is 0 Å². The fourth-order valence-corrected chi connectivity index (χ4v) is 3.47. The standard InChI is InChI=1S/C20H26N2OS/c1-3-22(4-2)19(17-11-7-5-8-12-17)15-21-20(23)16-24-18-13-9-6-10-14-18/h5-14,19H,3-4,15-16H2,1-2H3,(H,21,23). The smallest absolute Gasteiger partial charge is 0.230 e. The van der Waals surface area contributed by atoms with Crippen LogP contribution in [0.1, 0.15) is 25.5 Å². The van der Waals surface area contributed by atoms with Gasteiger partial charge in [0.1, 0.15) is 0 Å². The highest BCUT2D eigenvalue weighted by Crippen LogP contribution is 2.20. The number of hydrogen-bond donors (Lipinski definition) is 1. The molecule has 0 aromatic heterocycles. The SMILES string of the molecule is CCN(CC)C(CNC(=O)CSc1ccccc1)c1ccccc1. The van der Waals surface area contributed by atoms with Crippen LogP contribution in [0.25, 0.3) is 0 Å². The zero-order chi connectivity index (χ0) is 17.2. The Kier molecular flexibility index (Phi) is 7.86. The Hall–Kier alpha value is -1.78. The lowest BCUT2D eigenvalue weighted by Gasteiger charge is -2.30. The molecule has 4 heteroatoms. The second kappa shape index (κ2) is 10.2. The molecule has 1 unspecified atom stereocenters. The number of carbonyl (C=O) groups excluding carboxylic acids is 1. The molecule has 0 radical (unpaired) electrons. The zero-order valence-corrected chi connectivity index (χ0v) is 15.3. The van der Waals surface area contributed by atoms with Gasteiger partial charge in [-0.15, -0.1) is 11.8 Å². The quantitative estimate of drug-likeness (QED) is 0.700. The topological polar surface area (TPSA) is 32.3 Å². The molecule has 0 saturated heterocycles. The van der Waals surface area contributed by atoms with Crippen molar-refractivity contribution < 1.29 is 4.79 Å². The van der Waals surface area contributed by atoms with Crippen molar-refractivity contribution in [2.75, 3.05) is 25.4 Å². The number of likely N-dealkylation sites (N-methyl/N-ethyl adjacent to an activating group) is 1. The molecule has 0 bridgehead atoms. The summed E-state index contributed by atoms with van der Waals surface area (Å²) in [5, 5.41) is 3.10. The maximum absolute atomic E-state index is 12.2. The summed E-state index contributed by atoms with van der Waals surface area (Å²) in [6.45, 7) is 6.88. The van der Waals surface area contributed by atoms with Crippen molar-refractivity contribution in [1.82, 2.24) is 10.2 Å². The van der Waals surface area contributed by atoms with Crippen LogP contribution in [0.5, 0.6) is 0 Å². The molecule has 2 aromatic rings. The Balaban J connectivity index is 1.91. The van der Waals surface area contributed by atoms with E-state index in [9.17, 15) is 4.79 Å². The number of hydrogen-bond acceptors (Lipinski definition) is 3. The summed E-state index contributed by atoms with van der Waals surface area (Å²) in [5.74, 6) is 0.529. The van der Waals surface area contributed by atoms with Crippen LogP contribution in [-0.4, -0.2) is 36.2 Å². The maximum atomic E-state index is 12.2. The molecule has 24 heavy (non-hydrogen) atoms. The number of nitrogens with zero attached hydrogens (tertiary/aromatic N) is 1. The Bertz CT molecular complexity index is 600. The Morgan fingerprint density at radius 3 is 2.17 bits per heavy atom. The lowest BCUT2D eigenvalue weighted by molar-refractivity contribution is -0.118. The van der Waals surface area contributed by atoms with Gasteiger partial charge in [0.05, 0.1) is 11.8 Å². The summed E-state index contributed by atoms with van der Waals surface area (Å²) in [4.78, 5) is 15.7. The van der Waals surface area contributed by atoms with Gasteiger partial charge in [0.2, 0.25) is 5.91 Å². The van der Waals surface area contributed by atoms with Gasteiger partial charge in [-0.25, -0.2) is 0 Å². The molecular formula is C20H26N2OS. The largest absolute Gasteiger partial charge is 0.353 e. The van der Waals surface area contributed by atoms with Crippen molar-refractivity contribution in [1.29, 1.82) is 0 Å². The molecule has 3 nitrogen and oxygen atoms in total. The molecule has 0 saturated carbocycles. The summed E-state index contributed by atoms with van der Waals surface area (Å²) in [6, 6.07) is 20.6. The molecule has 1 atom stereocenters. The third-order valence-electron chi connectivity index (χ3n) is 4.04. The molecule has 128 valence electrons. The summed E-state index contributed by atoms with van der Waals surface area (Å²) in [6.07, 6.45) is 0. The second-order valence-electron chi connectivity index (χ2n) is 5.55. The summed E-state index contributed by atoms with van der Waals surface area (Å²) in [7, 11) is 0. The normalized spacial score (nSPS) is 12.1. The number of nitrogens with one attached hydrogen (secondary N) is 1. The van der Waals surface area contributed by atoms with Crippen LogP contribution in [-0.2, 0) is 4.79 Å². The highest BCUT2D eigenvalue weighted by Gasteiger charge is 2.18. The lowest BCUT2D eigenvalue weighted by atomic mass is 10.1. The van der Waals surface area contributed by atoms with Crippen LogP contribution in [0.4, 0.5) is 0 Å². The number of benzene rings is 2. The van der Waals surface area contributed by atoms with Crippen molar-refractivity contribution in [2.45, 2.75) is 24.8 Å². The van der Waals surface area contributed by atoms with E-state index in [0.717, 1.165) is 18.0 Å². The van der Waals surface area contributed by atoms with E-state index in [4.69, 9.17) is 0 Å². The third-order valence-corrected chi connectivity index (χ3v) is 5.06. The van der Waals surface area contributed by atoms with E-state index in [1.54, 1.807) is 11.8 Å².